The summed E-state index contributed by atoms with van der Waals surface area (Å²) in [7, 11) is 4.43. The molecule has 2 atom stereocenters. The van der Waals surface area contributed by atoms with Crippen molar-refractivity contribution in [1.29, 1.82) is 0 Å². The first kappa shape index (κ1) is 17.9. The van der Waals surface area contributed by atoms with Gasteiger partial charge in [0.1, 0.15) is 0 Å². The Kier molecular flexibility index (Phi) is 8.74. The lowest BCUT2D eigenvalue weighted by Gasteiger charge is -2.22. The molecule has 1 rings (SSSR count). The quantitative estimate of drug-likeness (QED) is 0.622. The van der Waals surface area contributed by atoms with Gasteiger partial charge in [0.25, 0.3) is 0 Å². The number of rotatable bonds is 10. The molecule has 1 heterocycles. The summed E-state index contributed by atoms with van der Waals surface area (Å²) in [5, 5.41) is 3.52. The molecule has 20 heavy (non-hydrogen) atoms. The molecule has 0 aliphatic carbocycles. The van der Waals surface area contributed by atoms with Crippen LogP contribution in [0.25, 0.3) is 0 Å². The van der Waals surface area contributed by atoms with Crippen LogP contribution in [0.3, 0.4) is 0 Å². The highest BCUT2D eigenvalue weighted by molar-refractivity contribution is 4.86. The molecule has 0 aromatic carbocycles. The molecule has 0 saturated carbocycles. The molecule has 1 aliphatic heterocycles. The number of nitrogens with zero attached hydrogens (tertiary/aromatic N) is 2. The van der Waals surface area contributed by atoms with Crippen LogP contribution in [-0.4, -0.2) is 62.7 Å². The van der Waals surface area contributed by atoms with Gasteiger partial charge in [-0.3, -0.25) is 0 Å². The average Bonchev–Trinajstić information content (AvgIpc) is 2.73. The van der Waals surface area contributed by atoms with E-state index in [1.54, 1.807) is 0 Å². The normalized spacial score (nSPS) is 24.1. The van der Waals surface area contributed by atoms with Crippen molar-refractivity contribution in [2.24, 2.45) is 11.8 Å². The Hall–Kier alpha value is -0.120. The minimum Gasteiger partial charge on any atom is -0.316 e. The van der Waals surface area contributed by atoms with E-state index in [4.69, 9.17) is 0 Å². The van der Waals surface area contributed by atoms with E-state index in [1.807, 2.05) is 0 Å². The minimum absolute atomic E-state index is 0.759. The van der Waals surface area contributed by atoms with Crippen molar-refractivity contribution in [3.63, 3.8) is 0 Å². The number of hydrogen-bond donors (Lipinski definition) is 1. The fourth-order valence-corrected chi connectivity index (χ4v) is 3.23. The third-order valence-electron chi connectivity index (χ3n) is 4.44. The van der Waals surface area contributed by atoms with Gasteiger partial charge in [-0.2, -0.15) is 0 Å². The smallest absolute Gasteiger partial charge is 0.0254 e. The maximum absolute atomic E-state index is 3.52. The molecule has 0 spiro atoms. The Balaban J connectivity index is 1.95. The van der Waals surface area contributed by atoms with Crippen molar-refractivity contribution in [3.8, 4) is 0 Å². The Bertz CT molecular complexity index is 240. The van der Waals surface area contributed by atoms with E-state index in [0.717, 1.165) is 24.4 Å². The molecule has 1 saturated heterocycles. The average molecular weight is 284 g/mol. The fraction of sp³-hybridized carbons (Fsp3) is 1.00. The van der Waals surface area contributed by atoms with E-state index in [1.165, 1.54) is 51.9 Å². The molecule has 1 fully saturated rings. The van der Waals surface area contributed by atoms with E-state index in [2.05, 4.69) is 50.0 Å². The lowest BCUT2D eigenvalue weighted by Crippen LogP contribution is -2.34. The highest BCUT2D eigenvalue weighted by atomic mass is 15.2. The molecule has 0 bridgehead atoms. The fourth-order valence-electron chi connectivity index (χ4n) is 3.23. The summed E-state index contributed by atoms with van der Waals surface area (Å²) >= 11 is 0. The van der Waals surface area contributed by atoms with E-state index in [-0.39, 0.29) is 0 Å². The van der Waals surface area contributed by atoms with Crippen LogP contribution in [-0.2, 0) is 0 Å². The van der Waals surface area contributed by atoms with Crippen LogP contribution in [0.1, 0.15) is 46.5 Å². The zero-order valence-corrected chi connectivity index (χ0v) is 14.5. The third-order valence-corrected chi connectivity index (χ3v) is 4.44. The van der Waals surface area contributed by atoms with Gasteiger partial charge in [0.2, 0.25) is 0 Å². The molecule has 0 aromatic rings. The predicted octanol–water partition coefficient (Wildman–Crippen LogP) is 2.67. The van der Waals surface area contributed by atoms with E-state index in [9.17, 15) is 0 Å². The second-order valence-electron chi connectivity index (χ2n) is 7.28. The maximum atomic E-state index is 3.52. The highest BCUT2D eigenvalue weighted by Gasteiger charge is 2.30. The first-order valence-electron chi connectivity index (χ1n) is 8.60. The van der Waals surface area contributed by atoms with Crippen LogP contribution < -0.4 is 5.32 Å². The summed E-state index contributed by atoms with van der Waals surface area (Å²) in [6.45, 7) is 13.2. The number of likely N-dealkylation sites (tertiary alicyclic amines) is 1. The van der Waals surface area contributed by atoms with Gasteiger partial charge in [0.05, 0.1) is 0 Å². The maximum Gasteiger partial charge on any atom is 0.0254 e. The van der Waals surface area contributed by atoms with Gasteiger partial charge < -0.3 is 15.1 Å². The molecule has 0 aromatic heterocycles. The Labute approximate surface area is 127 Å². The highest BCUT2D eigenvalue weighted by Crippen LogP contribution is 2.20. The van der Waals surface area contributed by atoms with Crippen molar-refractivity contribution in [2.45, 2.75) is 52.5 Å². The first-order chi connectivity index (χ1) is 9.50. The van der Waals surface area contributed by atoms with E-state index < -0.39 is 0 Å². The predicted molar refractivity (Wildman–Crippen MR) is 89.3 cm³/mol. The molecular weight excluding hydrogens is 246 g/mol. The van der Waals surface area contributed by atoms with Crippen LogP contribution in [0.15, 0.2) is 0 Å². The zero-order chi connectivity index (χ0) is 15.0. The summed E-state index contributed by atoms with van der Waals surface area (Å²) in [5.74, 6) is 1.60. The SMILES string of the molecule is CC(C)CNCCCCCCN1CC(C)C(N(C)C)C1. The number of nitrogens with one attached hydrogen (secondary N) is 1. The molecule has 120 valence electrons. The Morgan fingerprint density at radius 1 is 1.10 bits per heavy atom. The second kappa shape index (κ2) is 9.75. The van der Waals surface area contributed by atoms with Crippen LogP contribution in [0.2, 0.25) is 0 Å². The lowest BCUT2D eigenvalue weighted by atomic mass is 10.1. The molecule has 3 heteroatoms. The van der Waals surface area contributed by atoms with Crippen LogP contribution in [0, 0.1) is 11.8 Å². The van der Waals surface area contributed by atoms with Gasteiger partial charge in [-0.25, -0.2) is 0 Å². The van der Waals surface area contributed by atoms with Crippen molar-refractivity contribution in [1.82, 2.24) is 15.1 Å². The van der Waals surface area contributed by atoms with Gasteiger partial charge >= 0.3 is 0 Å². The van der Waals surface area contributed by atoms with E-state index >= 15 is 0 Å². The van der Waals surface area contributed by atoms with Crippen molar-refractivity contribution >= 4 is 0 Å². The summed E-state index contributed by atoms with van der Waals surface area (Å²) in [5.41, 5.74) is 0. The van der Waals surface area contributed by atoms with Crippen molar-refractivity contribution < 1.29 is 0 Å². The third kappa shape index (κ3) is 7.05. The zero-order valence-electron chi connectivity index (χ0n) is 14.5. The summed E-state index contributed by atoms with van der Waals surface area (Å²) in [6, 6.07) is 0.759. The van der Waals surface area contributed by atoms with Gasteiger partial charge in [0, 0.05) is 19.1 Å². The van der Waals surface area contributed by atoms with Gasteiger partial charge in [-0.05, 0) is 58.4 Å². The molecule has 1 N–H and O–H groups in total. The monoisotopic (exact) mass is 283 g/mol. The van der Waals surface area contributed by atoms with Gasteiger partial charge in [-0.15, -0.1) is 0 Å². The molecular formula is C17H37N3. The lowest BCUT2D eigenvalue weighted by molar-refractivity contribution is 0.251. The standard InChI is InChI=1S/C17H37N3/c1-15(2)12-18-10-8-6-7-9-11-20-13-16(3)17(14-20)19(4)5/h15-18H,6-14H2,1-5H3. The molecule has 0 amide bonds. The topological polar surface area (TPSA) is 18.5 Å². The Morgan fingerprint density at radius 3 is 2.40 bits per heavy atom. The number of unbranched alkanes of at least 4 members (excludes halogenated alkanes) is 3. The number of likely N-dealkylation sites (N-methyl/N-ethyl adjacent to an activating group) is 1. The summed E-state index contributed by atoms with van der Waals surface area (Å²) in [6.07, 6.45) is 5.48. The largest absolute Gasteiger partial charge is 0.316 e. The minimum atomic E-state index is 0.759. The Morgan fingerprint density at radius 2 is 1.80 bits per heavy atom. The van der Waals surface area contributed by atoms with Crippen LogP contribution >= 0.6 is 0 Å². The van der Waals surface area contributed by atoms with Crippen LogP contribution in [0.5, 0.6) is 0 Å². The van der Waals surface area contributed by atoms with Gasteiger partial charge in [-0.1, -0.05) is 33.6 Å². The molecule has 1 aliphatic rings. The van der Waals surface area contributed by atoms with Gasteiger partial charge in [0.15, 0.2) is 0 Å². The van der Waals surface area contributed by atoms with Crippen LogP contribution in [0.4, 0.5) is 0 Å². The van der Waals surface area contributed by atoms with E-state index in [0.29, 0.717) is 0 Å². The van der Waals surface area contributed by atoms with Crippen molar-refractivity contribution in [2.75, 3.05) is 46.8 Å². The number of hydrogen-bond acceptors (Lipinski definition) is 3. The summed E-state index contributed by atoms with van der Waals surface area (Å²) < 4.78 is 0. The first-order valence-corrected chi connectivity index (χ1v) is 8.60. The van der Waals surface area contributed by atoms with Crippen molar-refractivity contribution in [3.05, 3.63) is 0 Å². The molecule has 2 unspecified atom stereocenters. The molecule has 3 nitrogen and oxygen atoms in total. The second-order valence-corrected chi connectivity index (χ2v) is 7.28. The molecule has 0 radical (unpaired) electrons. The summed E-state index contributed by atoms with van der Waals surface area (Å²) in [4.78, 5) is 5.05.